The van der Waals surface area contributed by atoms with Gasteiger partial charge in [0.1, 0.15) is 0 Å². The molecule has 1 aromatic carbocycles. The topological polar surface area (TPSA) is 35.5 Å². The van der Waals surface area contributed by atoms with Gasteiger partial charge in [-0.2, -0.15) is 0 Å². The minimum Gasteiger partial charge on any atom is -0.396 e. The van der Waals surface area contributed by atoms with Gasteiger partial charge >= 0.3 is 0 Å². The van der Waals surface area contributed by atoms with Gasteiger partial charge in [0.15, 0.2) is 0 Å². The van der Waals surface area contributed by atoms with Crippen LogP contribution < -0.4 is 10.2 Å². The second kappa shape index (κ2) is 7.65. The lowest BCUT2D eigenvalue weighted by molar-refractivity contribution is 0.208. The standard InChI is InChI=1S/C17H28N2O/c1-3-8-18-11-15-6-7-17(14(2)10-15)19-9-4-5-16(12-19)13-20/h6-7,10,16,18,20H,3-5,8-9,11-13H2,1-2H3. The van der Waals surface area contributed by atoms with Crippen LogP contribution in [0.1, 0.15) is 37.3 Å². The fourth-order valence-corrected chi connectivity index (χ4v) is 3.02. The van der Waals surface area contributed by atoms with Gasteiger partial charge in [-0.25, -0.2) is 0 Å². The Labute approximate surface area is 123 Å². The number of hydrogen-bond donors (Lipinski definition) is 2. The normalized spacial score (nSPS) is 19.4. The molecule has 1 fully saturated rings. The zero-order valence-corrected chi connectivity index (χ0v) is 12.9. The highest BCUT2D eigenvalue weighted by Gasteiger charge is 2.20. The highest BCUT2D eigenvalue weighted by Crippen LogP contribution is 2.26. The van der Waals surface area contributed by atoms with Crippen molar-refractivity contribution in [3.8, 4) is 0 Å². The van der Waals surface area contributed by atoms with Gasteiger partial charge in [-0.05, 0) is 55.8 Å². The summed E-state index contributed by atoms with van der Waals surface area (Å²) in [5.41, 5.74) is 4.04. The van der Waals surface area contributed by atoms with Crippen molar-refractivity contribution in [3.05, 3.63) is 29.3 Å². The maximum Gasteiger partial charge on any atom is 0.0476 e. The van der Waals surface area contributed by atoms with Crippen molar-refractivity contribution < 1.29 is 5.11 Å². The molecule has 1 atom stereocenters. The molecular weight excluding hydrogens is 248 g/mol. The lowest BCUT2D eigenvalue weighted by Crippen LogP contribution is -2.37. The van der Waals surface area contributed by atoms with Crippen LogP contribution in [0.25, 0.3) is 0 Å². The quantitative estimate of drug-likeness (QED) is 0.784. The number of nitrogens with zero attached hydrogens (tertiary/aromatic N) is 1. The van der Waals surface area contributed by atoms with Gasteiger partial charge in [0, 0.05) is 31.9 Å². The molecule has 2 rings (SSSR count). The van der Waals surface area contributed by atoms with Crippen LogP contribution >= 0.6 is 0 Å². The van der Waals surface area contributed by atoms with Crippen molar-refractivity contribution >= 4 is 5.69 Å². The number of benzene rings is 1. The minimum atomic E-state index is 0.314. The van der Waals surface area contributed by atoms with E-state index in [1.54, 1.807) is 0 Å². The first-order chi connectivity index (χ1) is 9.74. The van der Waals surface area contributed by atoms with Crippen LogP contribution in [0.4, 0.5) is 5.69 Å². The van der Waals surface area contributed by atoms with Gasteiger partial charge in [0.25, 0.3) is 0 Å². The van der Waals surface area contributed by atoms with Crippen LogP contribution in [0.3, 0.4) is 0 Å². The van der Waals surface area contributed by atoms with Crippen molar-refractivity contribution in [2.45, 2.75) is 39.7 Å². The largest absolute Gasteiger partial charge is 0.396 e. The third-order valence-electron chi connectivity index (χ3n) is 4.13. The van der Waals surface area contributed by atoms with E-state index in [4.69, 9.17) is 0 Å². The zero-order chi connectivity index (χ0) is 14.4. The van der Waals surface area contributed by atoms with Crippen molar-refractivity contribution in [1.29, 1.82) is 0 Å². The molecule has 3 heteroatoms. The predicted molar refractivity (Wildman–Crippen MR) is 85.2 cm³/mol. The molecule has 0 radical (unpaired) electrons. The molecule has 1 aromatic rings. The smallest absolute Gasteiger partial charge is 0.0476 e. The molecule has 20 heavy (non-hydrogen) atoms. The van der Waals surface area contributed by atoms with Gasteiger partial charge in [0.2, 0.25) is 0 Å². The van der Waals surface area contributed by atoms with E-state index in [-0.39, 0.29) is 0 Å². The average Bonchev–Trinajstić information content (AvgIpc) is 2.48. The Morgan fingerprint density at radius 1 is 1.40 bits per heavy atom. The summed E-state index contributed by atoms with van der Waals surface area (Å²) in [5.74, 6) is 0.439. The van der Waals surface area contributed by atoms with Crippen LogP contribution in [0.15, 0.2) is 18.2 Å². The number of rotatable bonds is 6. The van der Waals surface area contributed by atoms with E-state index in [2.05, 4.69) is 42.3 Å². The molecule has 2 N–H and O–H groups in total. The van der Waals surface area contributed by atoms with Crippen LogP contribution in [-0.4, -0.2) is 31.3 Å². The molecule has 112 valence electrons. The Kier molecular flexibility index (Phi) is 5.86. The summed E-state index contributed by atoms with van der Waals surface area (Å²) in [6.45, 7) is 8.83. The van der Waals surface area contributed by atoms with Crippen molar-refractivity contribution in [2.75, 3.05) is 31.1 Å². The fourth-order valence-electron chi connectivity index (χ4n) is 3.02. The van der Waals surface area contributed by atoms with Crippen molar-refractivity contribution in [2.24, 2.45) is 5.92 Å². The van der Waals surface area contributed by atoms with Crippen LogP contribution in [0, 0.1) is 12.8 Å². The summed E-state index contributed by atoms with van der Waals surface area (Å²) in [5, 5.41) is 12.8. The highest BCUT2D eigenvalue weighted by atomic mass is 16.3. The van der Waals surface area contributed by atoms with E-state index in [1.807, 2.05) is 0 Å². The van der Waals surface area contributed by atoms with E-state index in [0.29, 0.717) is 12.5 Å². The number of aryl methyl sites for hydroxylation is 1. The molecule has 0 aliphatic carbocycles. The number of aliphatic hydroxyl groups is 1. The lowest BCUT2D eigenvalue weighted by atomic mass is 9.97. The Morgan fingerprint density at radius 3 is 2.95 bits per heavy atom. The Morgan fingerprint density at radius 2 is 2.25 bits per heavy atom. The molecule has 1 unspecified atom stereocenters. The number of nitrogens with one attached hydrogen (secondary N) is 1. The Balaban J connectivity index is 2.01. The third-order valence-corrected chi connectivity index (χ3v) is 4.13. The molecule has 0 bridgehead atoms. The summed E-state index contributed by atoms with van der Waals surface area (Å²) in [6, 6.07) is 6.77. The van der Waals surface area contributed by atoms with E-state index < -0.39 is 0 Å². The number of piperidine rings is 1. The molecule has 1 heterocycles. The number of anilines is 1. The van der Waals surface area contributed by atoms with Gasteiger partial charge < -0.3 is 15.3 Å². The SMILES string of the molecule is CCCNCc1ccc(N2CCCC(CO)C2)c(C)c1. The predicted octanol–water partition coefficient (Wildman–Crippen LogP) is 2.70. The van der Waals surface area contributed by atoms with Gasteiger partial charge in [-0.15, -0.1) is 0 Å². The van der Waals surface area contributed by atoms with Crippen molar-refractivity contribution in [3.63, 3.8) is 0 Å². The maximum atomic E-state index is 9.35. The molecule has 1 aliphatic heterocycles. The first-order valence-corrected chi connectivity index (χ1v) is 7.90. The molecule has 0 saturated carbocycles. The molecule has 0 aromatic heterocycles. The van der Waals surface area contributed by atoms with Gasteiger partial charge in [-0.1, -0.05) is 19.1 Å². The molecule has 3 nitrogen and oxygen atoms in total. The molecule has 0 amide bonds. The van der Waals surface area contributed by atoms with Crippen LogP contribution in [0.2, 0.25) is 0 Å². The Bertz CT molecular complexity index is 419. The summed E-state index contributed by atoms with van der Waals surface area (Å²) < 4.78 is 0. The number of hydrogen-bond acceptors (Lipinski definition) is 3. The molecule has 1 aliphatic rings. The monoisotopic (exact) mass is 276 g/mol. The second-order valence-corrected chi connectivity index (χ2v) is 5.93. The van der Waals surface area contributed by atoms with Crippen molar-refractivity contribution in [1.82, 2.24) is 5.32 Å². The zero-order valence-electron chi connectivity index (χ0n) is 12.9. The van der Waals surface area contributed by atoms with E-state index in [1.165, 1.54) is 29.7 Å². The third kappa shape index (κ3) is 3.97. The highest BCUT2D eigenvalue weighted by molar-refractivity contribution is 5.54. The van der Waals surface area contributed by atoms with Crippen LogP contribution in [-0.2, 0) is 6.54 Å². The first kappa shape index (κ1) is 15.3. The Hall–Kier alpha value is -1.06. The summed E-state index contributed by atoms with van der Waals surface area (Å²) in [6.07, 6.45) is 3.52. The van der Waals surface area contributed by atoms with E-state index >= 15 is 0 Å². The lowest BCUT2D eigenvalue weighted by Gasteiger charge is -2.34. The molecular formula is C17H28N2O. The molecule has 0 spiro atoms. The molecule has 1 saturated heterocycles. The van der Waals surface area contributed by atoms with Gasteiger partial charge in [-0.3, -0.25) is 0 Å². The summed E-state index contributed by atoms with van der Waals surface area (Å²) >= 11 is 0. The minimum absolute atomic E-state index is 0.314. The van der Waals surface area contributed by atoms with Crippen LogP contribution in [0.5, 0.6) is 0 Å². The fraction of sp³-hybridized carbons (Fsp3) is 0.647. The summed E-state index contributed by atoms with van der Waals surface area (Å²) in [4.78, 5) is 2.43. The maximum absolute atomic E-state index is 9.35. The van der Waals surface area contributed by atoms with E-state index in [0.717, 1.165) is 32.6 Å². The van der Waals surface area contributed by atoms with Gasteiger partial charge in [0.05, 0.1) is 0 Å². The first-order valence-electron chi connectivity index (χ1n) is 7.90. The second-order valence-electron chi connectivity index (χ2n) is 5.93. The van der Waals surface area contributed by atoms with E-state index in [9.17, 15) is 5.11 Å². The average molecular weight is 276 g/mol. The number of aliphatic hydroxyl groups excluding tert-OH is 1. The summed E-state index contributed by atoms with van der Waals surface area (Å²) in [7, 11) is 0.